The highest BCUT2D eigenvalue weighted by atomic mass is 35.5. The van der Waals surface area contributed by atoms with Crippen LogP contribution in [-0.4, -0.2) is 23.1 Å². The molecule has 0 fully saturated rings. The molecule has 0 saturated heterocycles. The number of alkyl halides is 5. The van der Waals surface area contributed by atoms with Crippen molar-refractivity contribution in [3.05, 3.63) is 57.9 Å². The van der Waals surface area contributed by atoms with Crippen LogP contribution in [0.4, 0.5) is 36.4 Å². The van der Waals surface area contributed by atoms with Crippen molar-refractivity contribution in [3.8, 4) is 0 Å². The van der Waals surface area contributed by atoms with Crippen LogP contribution in [0.1, 0.15) is 32.8 Å². The molecule has 0 unspecified atom stereocenters. The van der Waals surface area contributed by atoms with Crippen LogP contribution >= 0.6 is 11.6 Å². The standard InChI is InChI=1S/C16H8ClF7N2O2/c17-9-1-6(16(22,23)24)5-25-14(9)15(28)26-13-8(11(27)4-12(20)21)2-7(18)3-10(13)19/h1-3,5,12H,4H2,(H,26,28). The Morgan fingerprint density at radius 3 is 2.32 bits per heavy atom. The molecule has 0 aliphatic carbocycles. The molecule has 2 aromatic rings. The molecule has 0 aliphatic heterocycles. The maximum Gasteiger partial charge on any atom is 0.417 e. The molecule has 150 valence electrons. The van der Waals surface area contributed by atoms with Gasteiger partial charge in [-0.05, 0) is 12.1 Å². The number of hydrogen-bond donors (Lipinski definition) is 1. The number of amides is 1. The summed E-state index contributed by atoms with van der Waals surface area (Å²) >= 11 is 5.59. The molecule has 0 aliphatic rings. The van der Waals surface area contributed by atoms with E-state index in [1.54, 1.807) is 5.32 Å². The van der Waals surface area contributed by atoms with Gasteiger partial charge in [-0.25, -0.2) is 22.5 Å². The minimum absolute atomic E-state index is 0.274. The highest BCUT2D eigenvalue weighted by molar-refractivity contribution is 6.34. The second-order valence-corrected chi connectivity index (χ2v) is 5.74. The second kappa shape index (κ2) is 8.13. The number of carbonyl (C=O) groups excluding carboxylic acids is 2. The lowest BCUT2D eigenvalue weighted by atomic mass is 10.0. The van der Waals surface area contributed by atoms with Crippen LogP contribution in [0, 0.1) is 11.6 Å². The zero-order chi connectivity index (χ0) is 21.2. The van der Waals surface area contributed by atoms with E-state index in [9.17, 15) is 40.3 Å². The average Bonchev–Trinajstić information content (AvgIpc) is 2.55. The van der Waals surface area contributed by atoms with Crippen molar-refractivity contribution >= 4 is 29.0 Å². The van der Waals surface area contributed by atoms with Crippen molar-refractivity contribution in [1.29, 1.82) is 0 Å². The first-order valence-electron chi connectivity index (χ1n) is 7.24. The number of ketones is 1. The molecule has 1 N–H and O–H groups in total. The SMILES string of the molecule is O=C(CC(F)F)c1cc(F)cc(F)c1NC(=O)c1ncc(C(F)(F)F)cc1Cl. The highest BCUT2D eigenvalue weighted by Gasteiger charge is 2.32. The van der Waals surface area contributed by atoms with Crippen molar-refractivity contribution in [1.82, 2.24) is 4.98 Å². The van der Waals surface area contributed by atoms with Crippen molar-refractivity contribution in [2.75, 3.05) is 5.32 Å². The summed E-state index contributed by atoms with van der Waals surface area (Å²) in [5.74, 6) is -5.43. The predicted octanol–water partition coefficient (Wildman–Crippen LogP) is 5.12. The van der Waals surface area contributed by atoms with E-state index in [0.717, 1.165) is 0 Å². The van der Waals surface area contributed by atoms with Crippen molar-refractivity contribution in [2.45, 2.75) is 19.0 Å². The van der Waals surface area contributed by atoms with Crippen molar-refractivity contribution < 1.29 is 40.3 Å². The number of halogens is 8. The molecule has 1 heterocycles. The van der Waals surface area contributed by atoms with Crippen molar-refractivity contribution in [3.63, 3.8) is 0 Å². The molecule has 2 rings (SSSR count). The third kappa shape index (κ3) is 4.97. The minimum atomic E-state index is -4.79. The molecule has 1 aromatic heterocycles. The minimum Gasteiger partial charge on any atom is -0.317 e. The van der Waals surface area contributed by atoms with E-state index < -0.39 is 69.9 Å². The Balaban J connectivity index is 2.40. The fraction of sp³-hybridized carbons (Fsp3) is 0.188. The van der Waals surface area contributed by atoms with E-state index in [1.165, 1.54) is 0 Å². The number of aromatic nitrogens is 1. The lowest BCUT2D eigenvalue weighted by Crippen LogP contribution is -2.19. The summed E-state index contributed by atoms with van der Waals surface area (Å²) in [5, 5.41) is 1.06. The monoisotopic (exact) mass is 428 g/mol. The summed E-state index contributed by atoms with van der Waals surface area (Å²) in [7, 11) is 0. The van der Waals surface area contributed by atoms with E-state index in [0.29, 0.717) is 18.3 Å². The Bertz CT molecular complexity index is 932. The Labute approximate surface area is 157 Å². The number of nitrogens with zero attached hydrogens (tertiary/aromatic N) is 1. The quantitative estimate of drug-likeness (QED) is 0.531. The number of benzene rings is 1. The predicted molar refractivity (Wildman–Crippen MR) is 83.5 cm³/mol. The van der Waals surface area contributed by atoms with E-state index in [2.05, 4.69) is 4.98 Å². The molecule has 0 bridgehead atoms. The Kier molecular flexibility index (Phi) is 6.27. The van der Waals surface area contributed by atoms with Crippen LogP contribution in [-0.2, 0) is 6.18 Å². The van der Waals surface area contributed by atoms with Crippen LogP contribution in [0.25, 0.3) is 0 Å². The highest BCUT2D eigenvalue weighted by Crippen LogP contribution is 2.31. The molecule has 12 heteroatoms. The number of hydrogen-bond acceptors (Lipinski definition) is 3. The van der Waals surface area contributed by atoms with Crippen LogP contribution < -0.4 is 5.32 Å². The van der Waals surface area contributed by atoms with Gasteiger partial charge in [0.25, 0.3) is 5.91 Å². The zero-order valence-electron chi connectivity index (χ0n) is 13.4. The van der Waals surface area contributed by atoms with Gasteiger partial charge in [0.1, 0.15) is 17.3 Å². The Hall–Kier alpha value is -2.69. The number of Topliss-reactive ketones (excluding diaryl/α,β-unsaturated/α-hetero) is 1. The fourth-order valence-electron chi connectivity index (χ4n) is 2.10. The molecule has 0 spiro atoms. The molecule has 0 saturated carbocycles. The lowest BCUT2D eigenvalue weighted by molar-refractivity contribution is -0.137. The smallest absolute Gasteiger partial charge is 0.317 e. The fourth-order valence-corrected chi connectivity index (χ4v) is 2.36. The van der Waals surface area contributed by atoms with Crippen LogP contribution in [0.5, 0.6) is 0 Å². The van der Waals surface area contributed by atoms with Gasteiger partial charge in [0.15, 0.2) is 5.78 Å². The first-order chi connectivity index (χ1) is 12.9. The Morgan fingerprint density at radius 1 is 1.14 bits per heavy atom. The number of anilines is 1. The largest absolute Gasteiger partial charge is 0.417 e. The summed E-state index contributed by atoms with van der Waals surface area (Å²) in [6.45, 7) is 0. The molecular formula is C16H8ClF7N2O2. The van der Waals surface area contributed by atoms with Gasteiger partial charge in [0.2, 0.25) is 6.43 Å². The van der Waals surface area contributed by atoms with Gasteiger partial charge in [-0.1, -0.05) is 11.6 Å². The zero-order valence-corrected chi connectivity index (χ0v) is 14.1. The van der Waals surface area contributed by atoms with Crippen LogP contribution in [0.15, 0.2) is 24.4 Å². The summed E-state index contributed by atoms with van der Waals surface area (Å²) in [5.41, 5.74) is -3.83. The van der Waals surface area contributed by atoms with E-state index in [4.69, 9.17) is 11.6 Å². The van der Waals surface area contributed by atoms with Gasteiger partial charge in [0, 0.05) is 17.8 Å². The molecule has 0 radical (unpaired) electrons. The lowest BCUT2D eigenvalue weighted by Gasteiger charge is -2.13. The third-order valence-electron chi connectivity index (χ3n) is 3.32. The number of rotatable bonds is 5. The summed E-state index contributed by atoms with van der Waals surface area (Å²) in [6.07, 6.45) is -8.98. The number of pyridine rings is 1. The summed E-state index contributed by atoms with van der Waals surface area (Å²) in [6, 6.07) is 1.11. The first-order valence-corrected chi connectivity index (χ1v) is 7.62. The van der Waals surface area contributed by atoms with Gasteiger partial charge in [0.05, 0.1) is 22.7 Å². The summed E-state index contributed by atoms with van der Waals surface area (Å²) < 4.78 is 90.0. The normalized spacial score (nSPS) is 11.6. The molecule has 1 amide bonds. The maximum atomic E-state index is 14.0. The van der Waals surface area contributed by atoms with E-state index in [-0.39, 0.29) is 6.07 Å². The maximum absolute atomic E-state index is 14.0. The van der Waals surface area contributed by atoms with E-state index in [1.807, 2.05) is 0 Å². The van der Waals surface area contributed by atoms with Gasteiger partial charge in [-0.15, -0.1) is 0 Å². The van der Waals surface area contributed by atoms with E-state index >= 15 is 0 Å². The van der Waals surface area contributed by atoms with Gasteiger partial charge < -0.3 is 5.32 Å². The third-order valence-corrected chi connectivity index (χ3v) is 3.61. The number of carbonyl (C=O) groups is 2. The molecule has 28 heavy (non-hydrogen) atoms. The van der Waals surface area contributed by atoms with Gasteiger partial charge in [-0.2, -0.15) is 13.2 Å². The summed E-state index contributed by atoms with van der Waals surface area (Å²) in [4.78, 5) is 27.2. The number of nitrogens with one attached hydrogen (secondary N) is 1. The molecule has 1 aromatic carbocycles. The molecular weight excluding hydrogens is 421 g/mol. The Morgan fingerprint density at radius 2 is 1.79 bits per heavy atom. The second-order valence-electron chi connectivity index (χ2n) is 5.33. The van der Waals surface area contributed by atoms with Crippen LogP contribution in [0.3, 0.4) is 0 Å². The molecule has 4 nitrogen and oxygen atoms in total. The van der Waals surface area contributed by atoms with Gasteiger partial charge in [-0.3, -0.25) is 9.59 Å². The first kappa shape index (κ1) is 21.6. The average molecular weight is 429 g/mol. The molecule has 0 atom stereocenters. The topological polar surface area (TPSA) is 59.1 Å². The van der Waals surface area contributed by atoms with Crippen LogP contribution in [0.2, 0.25) is 5.02 Å². The van der Waals surface area contributed by atoms with Gasteiger partial charge >= 0.3 is 6.18 Å². The van der Waals surface area contributed by atoms with Crippen molar-refractivity contribution in [2.24, 2.45) is 0 Å².